The van der Waals surface area contributed by atoms with Gasteiger partial charge in [0.15, 0.2) is 0 Å². The molecule has 2 fully saturated rings. The lowest BCUT2D eigenvalue weighted by atomic mass is 10.0. The van der Waals surface area contributed by atoms with Crippen LogP contribution in [0.3, 0.4) is 0 Å². The van der Waals surface area contributed by atoms with Crippen molar-refractivity contribution in [1.82, 2.24) is 4.90 Å². The molecule has 0 aliphatic carbocycles. The minimum atomic E-state index is -0.161. The molecule has 0 bridgehead atoms. The lowest BCUT2D eigenvalue weighted by Gasteiger charge is -2.40. The molecule has 0 unspecified atom stereocenters. The third kappa shape index (κ3) is 3.02. The Kier molecular flexibility index (Phi) is 4.10. The van der Waals surface area contributed by atoms with Gasteiger partial charge in [0, 0.05) is 30.7 Å². The molecular weight excluding hydrogens is 290 g/mol. The first-order valence-corrected chi connectivity index (χ1v) is 7.76. The quantitative estimate of drug-likeness (QED) is 0.853. The minimum Gasteiger partial charge on any atom is -0.449 e. The number of hydrogen-bond acceptors (Lipinski definition) is 4. The summed E-state index contributed by atoms with van der Waals surface area (Å²) in [5.41, 5.74) is 7.77. The molecule has 0 atom stereocenters. The topological polar surface area (TPSA) is 58.8 Å². The van der Waals surface area contributed by atoms with E-state index in [1.807, 2.05) is 17.0 Å². The lowest BCUT2D eigenvalue weighted by molar-refractivity contribution is 0.0499. The van der Waals surface area contributed by atoms with E-state index in [2.05, 4.69) is 4.90 Å². The van der Waals surface area contributed by atoms with E-state index in [4.69, 9.17) is 22.1 Å². The van der Waals surface area contributed by atoms with Crippen LogP contribution in [0.2, 0.25) is 5.02 Å². The Morgan fingerprint density at radius 3 is 2.67 bits per heavy atom. The van der Waals surface area contributed by atoms with Gasteiger partial charge in [0.05, 0.1) is 18.0 Å². The maximum absolute atomic E-state index is 11.8. The molecule has 0 saturated carbocycles. The molecule has 3 rings (SSSR count). The van der Waals surface area contributed by atoms with E-state index < -0.39 is 0 Å². The van der Waals surface area contributed by atoms with Gasteiger partial charge in [-0.1, -0.05) is 11.6 Å². The van der Waals surface area contributed by atoms with Crippen LogP contribution in [0.5, 0.6) is 0 Å². The van der Waals surface area contributed by atoms with Gasteiger partial charge in [-0.25, -0.2) is 4.79 Å². The molecule has 0 radical (unpaired) electrons. The predicted octanol–water partition coefficient (Wildman–Crippen LogP) is 2.73. The third-order valence-electron chi connectivity index (χ3n) is 4.24. The second kappa shape index (κ2) is 6.02. The number of halogens is 1. The molecule has 1 aromatic carbocycles. The number of rotatable bonds is 2. The van der Waals surface area contributed by atoms with Crippen LogP contribution >= 0.6 is 11.6 Å². The average molecular weight is 310 g/mol. The Labute approximate surface area is 129 Å². The third-order valence-corrected chi connectivity index (χ3v) is 4.47. The van der Waals surface area contributed by atoms with Gasteiger partial charge >= 0.3 is 6.09 Å². The van der Waals surface area contributed by atoms with Crippen LogP contribution in [0.1, 0.15) is 19.3 Å². The minimum absolute atomic E-state index is 0.161. The van der Waals surface area contributed by atoms with Crippen molar-refractivity contribution < 1.29 is 9.53 Å². The van der Waals surface area contributed by atoms with Gasteiger partial charge in [-0.2, -0.15) is 0 Å². The second-order valence-corrected chi connectivity index (χ2v) is 6.02. The van der Waals surface area contributed by atoms with Gasteiger partial charge in [0.2, 0.25) is 0 Å². The van der Waals surface area contributed by atoms with Crippen LogP contribution < -0.4 is 10.6 Å². The number of nitrogens with zero attached hydrogens (tertiary/aromatic N) is 2. The maximum Gasteiger partial charge on any atom is 0.410 e. The van der Waals surface area contributed by atoms with E-state index >= 15 is 0 Å². The van der Waals surface area contributed by atoms with Crippen molar-refractivity contribution in [3.05, 3.63) is 23.2 Å². The Balaban J connectivity index is 1.63. The van der Waals surface area contributed by atoms with Gasteiger partial charge in [0.25, 0.3) is 0 Å². The molecule has 2 heterocycles. The van der Waals surface area contributed by atoms with E-state index in [0.29, 0.717) is 17.3 Å². The number of carbonyl (C=O) groups excluding carboxylic acids is 1. The van der Waals surface area contributed by atoms with Crippen LogP contribution in [-0.2, 0) is 4.74 Å². The Morgan fingerprint density at radius 1 is 1.24 bits per heavy atom. The normalized spacial score (nSPS) is 20.5. The average Bonchev–Trinajstić information content (AvgIpc) is 2.48. The molecule has 0 aromatic heterocycles. The Morgan fingerprint density at radius 2 is 2.00 bits per heavy atom. The van der Waals surface area contributed by atoms with Gasteiger partial charge in [0.1, 0.15) is 0 Å². The number of hydrogen-bond donors (Lipinski definition) is 1. The zero-order valence-electron chi connectivity index (χ0n) is 11.9. The van der Waals surface area contributed by atoms with E-state index in [1.54, 1.807) is 6.07 Å². The second-order valence-electron chi connectivity index (χ2n) is 5.58. The molecule has 2 aliphatic heterocycles. The summed E-state index contributed by atoms with van der Waals surface area (Å²) in [5, 5.41) is 0.655. The number of piperidine rings is 1. The highest BCUT2D eigenvalue weighted by Crippen LogP contribution is 2.30. The van der Waals surface area contributed by atoms with Crippen LogP contribution in [-0.4, -0.2) is 43.3 Å². The number of nitrogen functional groups attached to an aromatic ring is 1. The fourth-order valence-corrected chi connectivity index (χ4v) is 3.31. The monoisotopic (exact) mass is 309 g/mol. The number of benzene rings is 1. The summed E-state index contributed by atoms with van der Waals surface area (Å²) in [4.78, 5) is 15.9. The van der Waals surface area contributed by atoms with Crippen molar-refractivity contribution >= 4 is 29.1 Å². The first kappa shape index (κ1) is 14.3. The molecule has 2 saturated heterocycles. The Bertz CT molecular complexity index is 530. The number of ether oxygens (including phenoxy) is 1. The smallest absolute Gasteiger partial charge is 0.410 e. The van der Waals surface area contributed by atoms with Crippen molar-refractivity contribution in [1.29, 1.82) is 0 Å². The fourth-order valence-electron chi connectivity index (χ4n) is 3.13. The van der Waals surface area contributed by atoms with Gasteiger partial charge in [-0.15, -0.1) is 0 Å². The van der Waals surface area contributed by atoms with Gasteiger partial charge in [-0.05, 0) is 37.5 Å². The summed E-state index contributed by atoms with van der Waals surface area (Å²) < 4.78 is 5.13. The van der Waals surface area contributed by atoms with Crippen LogP contribution in [0.4, 0.5) is 16.2 Å². The summed E-state index contributed by atoms with van der Waals surface area (Å²) in [6.07, 6.45) is 2.65. The molecule has 2 aliphatic rings. The lowest BCUT2D eigenvalue weighted by Crippen LogP contribution is -2.50. The summed E-state index contributed by atoms with van der Waals surface area (Å²) in [6, 6.07) is 5.89. The van der Waals surface area contributed by atoms with Gasteiger partial charge in [-0.3, -0.25) is 0 Å². The molecule has 21 heavy (non-hydrogen) atoms. The highest BCUT2D eigenvalue weighted by atomic mass is 35.5. The van der Waals surface area contributed by atoms with E-state index in [1.165, 1.54) is 0 Å². The maximum atomic E-state index is 11.8. The van der Waals surface area contributed by atoms with Gasteiger partial charge < -0.3 is 20.3 Å². The first-order valence-electron chi connectivity index (χ1n) is 7.38. The summed E-state index contributed by atoms with van der Waals surface area (Å²) >= 11 is 5.94. The highest BCUT2D eigenvalue weighted by Gasteiger charge is 2.30. The molecule has 5 nitrogen and oxygen atoms in total. The number of anilines is 2. The molecule has 1 aromatic rings. The predicted molar refractivity (Wildman–Crippen MR) is 83.8 cm³/mol. The summed E-state index contributed by atoms with van der Waals surface area (Å²) in [5.74, 6) is 0. The van der Waals surface area contributed by atoms with Crippen molar-refractivity contribution in [2.24, 2.45) is 0 Å². The molecule has 1 amide bonds. The molecule has 114 valence electrons. The number of carbonyl (C=O) groups is 1. The number of amides is 1. The van der Waals surface area contributed by atoms with Crippen molar-refractivity contribution in [3.8, 4) is 0 Å². The van der Waals surface area contributed by atoms with E-state index in [0.717, 1.165) is 44.6 Å². The largest absolute Gasteiger partial charge is 0.449 e. The first-order chi connectivity index (χ1) is 10.1. The zero-order valence-corrected chi connectivity index (χ0v) is 12.7. The van der Waals surface area contributed by atoms with E-state index in [-0.39, 0.29) is 12.1 Å². The van der Waals surface area contributed by atoms with Crippen molar-refractivity contribution in [2.75, 3.05) is 36.9 Å². The number of nitrogens with two attached hydrogens (primary N) is 1. The fraction of sp³-hybridized carbons (Fsp3) is 0.533. The van der Waals surface area contributed by atoms with Crippen molar-refractivity contribution in [2.45, 2.75) is 25.3 Å². The van der Waals surface area contributed by atoms with Crippen LogP contribution in [0, 0.1) is 0 Å². The van der Waals surface area contributed by atoms with E-state index in [9.17, 15) is 4.79 Å². The molecule has 2 N–H and O–H groups in total. The summed E-state index contributed by atoms with van der Waals surface area (Å²) in [7, 11) is 0. The van der Waals surface area contributed by atoms with Crippen LogP contribution in [0.15, 0.2) is 18.2 Å². The molecule has 0 spiro atoms. The van der Waals surface area contributed by atoms with Crippen LogP contribution in [0.25, 0.3) is 0 Å². The Hall–Kier alpha value is -1.62. The SMILES string of the molecule is Nc1cc(Cl)ccc1N1CCC(N2CCCOC2=O)CC1. The summed E-state index contributed by atoms with van der Waals surface area (Å²) in [6.45, 7) is 3.14. The standard InChI is InChI=1S/C15H20ClN3O2/c16-11-2-3-14(13(17)10-11)18-7-4-12(5-8-18)19-6-1-9-21-15(19)20/h2-3,10,12H,1,4-9,17H2. The number of cyclic esters (lactones) is 1. The molecular formula is C15H20ClN3O2. The molecule has 6 heteroatoms. The van der Waals surface area contributed by atoms with Crippen molar-refractivity contribution in [3.63, 3.8) is 0 Å². The highest BCUT2D eigenvalue weighted by molar-refractivity contribution is 6.31. The zero-order chi connectivity index (χ0) is 14.8.